The molecule has 0 aromatic heterocycles. The molecule has 1 N–H and O–H groups in total. The van der Waals surface area contributed by atoms with Crippen LogP contribution in [0.2, 0.25) is 0 Å². The number of nitrogens with one attached hydrogen (secondary N) is 1. The highest BCUT2D eigenvalue weighted by Crippen LogP contribution is 2.19. The standard InChI is InChI=1S/C13H26N2O/c1-11(2)15-9-3-4-13(10-15)16-12-5-7-14-8-6-12/h11-14H,3-10H2,1-2H3. The number of likely N-dealkylation sites (tertiary alicyclic amines) is 1. The second-order valence-corrected chi connectivity index (χ2v) is 5.44. The molecular weight excluding hydrogens is 200 g/mol. The zero-order chi connectivity index (χ0) is 11.4. The third kappa shape index (κ3) is 3.44. The van der Waals surface area contributed by atoms with Gasteiger partial charge in [0.2, 0.25) is 0 Å². The van der Waals surface area contributed by atoms with Gasteiger partial charge in [0.15, 0.2) is 0 Å². The lowest BCUT2D eigenvalue weighted by atomic mass is 10.0. The molecule has 16 heavy (non-hydrogen) atoms. The van der Waals surface area contributed by atoms with Gasteiger partial charge in [0.05, 0.1) is 12.2 Å². The topological polar surface area (TPSA) is 24.5 Å². The molecular formula is C13H26N2O. The minimum Gasteiger partial charge on any atom is -0.374 e. The van der Waals surface area contributed by atoms with Crippen molar-refractivity contribution in [1.29, 1.82) is 0 Å². The Bertz CT molecular complexity index is 202. The van der Waals surface area contributed by atoms with Crippen molar-refractivity contribution in [2.75, 3.05) is 26.2 Å². The van der Waals surface area contributed by atoms with E-state index in [0.717, 1.165) is 19.6 Å². The highest BCUT2D eigenvalue weighted by molar-refractivity contribution is 4.78. The Morgan fingerprint density at radius 1 is 1.12 bits per heavy atom. The molecule has 0 saturated carbocycles. The van der Waals surface area contributed by atoms with Crippen molar-refractivity contribution < 1.29 is 4.74 Å². The van der Waals surface area contributed by atoms with Crippen LogP contribution >= 0.6 is 0 Å². The van der Waals surface area contributed by atoms with E-state index in [-0.39, 0.29) is 0 Å². The summed E-state index contributed by atoms with van der Waals surface area (Å²) in [7, 11) is 0. The molecule has 1 atom stereocenters. The molecule has 3 heteroatoms. The lowest BCUT2D eigenvalue weighted by Crippen LogP contribution is -2.45. The molecule has 2 aliphatic heterocycles. The van der Waals surface area contributed by atoms with E-state index in [9.17, 15) is 0 Å². The highest BCUT2D eigenvalue weighted by Gasteiger charge is 2.25. The van der Waals surface area contributed by atoms with Crippen LogP contribution in [0, 0.1) is 0 Å². The molecule has 0 bridgehead atoms. The minimum absolute atomic E-state index is 0.485. The molecule has 0 radical (unpaired) electrons. The van der Waals surface area contributed by atoms with Gasteiger partial charge in [-0.25, -0.2) is 0 Å². The number of hydrogen-bond acceptors (Lipinski definition) is 3. The summed E-state index contributed by atoms with van der Waals surface area (Å²) >= 11 is 0. The Kier molecular flexibility index (Phi) is 4.62. The van der Waals surface area contributed by atoms with Gasteiger partial charge in [-0.2, -0.15) is 0 Å². The number of ether oxygens (including phenoxy) is 1. The summed E-state index contributed by atoms with van der Waals surface area (Å²) in [6.07, 6.45) is 5.94. The maximum absolute atomic E-state index is 6.23. The van der Waals surface area contributed by atoms with Crippen LogP contribution in [-0.4, -0.2) is 49.3 Å². The summed E-state index contributed by atoms with van der Waals surface area (Å²) in [4.78, 5) is 2.55. The molecule has 1 unspecified atom stereocenters. The number of rotatable bonds is 3. The van der Waals surface area contributed by atoms with E-state index >= 15 is 0 Å². The van der Waals surface area contributed by atoms with Crippen LogP contribution in [0.5, 0.6) is 0 Å². The lowest BCUT2D eigenvalue weighted by Gasteiger charge is -2.37. The molecule has 0 aromatic carbocycles. The Balaban J connectivity index is 1.75. The van der Waals surface area contributed by atoms with Crippen molar-refractivity contribution in [3.8, 4) is 0 Å². The van der Waals surface area contributed by atoms with Crippen molar-refractivity contribution in [3.63, 3.8) is 0 Å². The summed E-state index contributed by atoms with van der Waals surface area (Å²) < 4.78 is 6.23. The summed E-state index contributed by atoms with van der Waals surface area (Å²) in [5.41, 5.74) is 0. The van der Waals surface area contributed by atoms with Crippen LogP contribution in [0.3, 0.4) is 0 Å². The second kappa shape index (κ2) is 5.99. The fourth-order valence-electron chi connectivity index (χ4n) is 2.75. The minimum atomic E-state index is 0.485. The van der Waals surface area contributed by atoms with Crippen molar-refractivity contribution in [1.82, 2.24) is 10.2 Å². The van der Waals surface area contributed by atoms with Gasteiger partial charge in [0.25, 0.3) is 0 Å². The Hall–Kier alpha value is -0.120. The first-order valence-corrected chi connectivity index (χ1v) is 6.86. The summed E-state index contributed by atoms with van der Waals surface area (Å²) in [6, 6.07) is 0.666. The predicted molar refractivity (Wildman–Crippen MR) is 66.7 cm³/mol. The lowest BCUT2D eigenvalue weighted by molar-refractivity contribution is -0.0626. The largest absolute Gasteiger partial charge is 0.374 e. The summed E-state index contributed by atoms with van der Waals surface area (Å²) in [5, 5.41) is 3.39. The zero-order valence-corrected chi connectivity index (χ0v) is 10.7. The molecule has 94 valence electrons. The van der Waals surface area contributed by atoms with E-state index in [0.29, 0.717) is 18.2 Å². The molecule has 2 aliphatic rings. The first kappa shape index (κ1) is 12.3. The quantitative estimate of drug-likeness (QED) is 0.791. The molecule has 0 spiro atoms. The molecule has 2 saturated heterocycles. The fraction of sp³-hybridized carbons (Fsp3) is 1.00. The molecule has 0 aromatic rings. The SMILES string of the molecule is CC(C)N1CCCC(OC2CCNCC2)C1. The Morgan fingerprint density at radius 2 is 1.88 bits per heavy atom. The van der Waals surface area contributed by atoms with Crippen LogP contribution < -0.4 is 5.32 Å². The van der Waals surface area contributed by atoms with Gasteiger partial charge in [-0.05, 0) is 59.2 Å². The second-order valence-electron chi connectivity index (χ2n) is 5.44. The maximum atomic E-state index is 6.23. The predicted octanol–water partition coefficient (Wildman–Crippen LogP) is 1.63. The van der Waals surface area contributed by atoms with Crippen LogP contribution in [0.15, 0.2) is 0 Å². The van der Waals surface area contributed by atoms with Gasteiger partial charge in [-0.3, -0.25) is 4.90 Å². The van der Waals surface area contributed by atoms with E-state index in [1.807, 2.05) is 0 Å². The molecule has 3 nitrogen and oxygen atoms in total. The average Bonchev–Trinajstić information content (AvgIpc) is 2.30. The van der Waals surface area contributed by atoms with Gasteiger partial charge >= 0.3 is 0 Å². The van der Waals surface area contributed by atoms with Crippen molar-refractivity contribution in [3.05, 3.63) is 0 Å². The van der Waals surface area contributed by atoms with E-state index in [4.69, 9.17) is 4.74 Å². The normalized spacial score (nSPS) is 29.8. The molecule has 0 amide bonds. The zero-order valence-electron chi connectivity index (χ0n) is 10.7. The third-order valence-electron chi connectivity index (χ3n) is 3.81. The maximum Gasteiger partial charge on any atom is 0.0706 e. The number of hydrogen-bond donors (Lipinski definition) is 1. The smallest absolute Gasteiger partial charge is 0.0706 e. The first-order chi connectivity index (χ1) is 7.75. The van der Waals surface area contributed by atoms with Crippen molar-refractivity contribution in [2.45, 2.75) is 57.8 Å². The Labute approximate surface area is 99.5 Å². The molecule has 0 aliphatic carbocycles. The fourth-order valence-corrected chi connectivity index (χ4v) is 2.75. The summed E-state index contributed by atoms with van der Waals surface area (Å²) in [6.45, 7) is 9.22. The molecule has 2 rings (SSSR count). The van der Waals surface area contributed by atoms with Gasteiger partial charge in [-0.1, -0.05) is 0 Å². The van der Waals surface area contributed by atoms with Gasteiger partial charge in [0.1, 0.15) is 0 Å². The van der Waals surface area contributed by atoms with Gasteiger partial charge in [0, 0.05) is 12.6 Å². The summed E-state index contributed by atoms with van der Waals surface area (Å²) in [5.74, 6) is 0. The first-order valence-electron chi connectivity index (χ1n) is 6.86. The van der Waals surface area contributed by atoms with E-state index in [1.54, 1.807) is 0 Å². The van der Waals surface area contributed by atoms with E-state index in [2.05, 4.69) is 24.1 Å². The molecule has 2 fully saturated rings. The van der Waals surface area contributed by atoms with E-state index in [1.165, 1.54) is 32.2 Å². The van der Waals surface area contributed by atoms with Crippen LogP contribution in [-0.2, 0) is 4.74 Å². The number of piperidine rings is 2. The van der Waals surface area contributed by atoms with Crippen LogP contribution in [0.25, 0.3) is 0 Å². The number of nitrogens with zero attached hydrogens (tertiary/aromatic N) is 1. The van der Waals surface area contributed by atoms with Gasteiger partial charge < -0.3 is 10.1 Å². The van der Waals surface area contributed by atoms with Crippen molar-refractivity contribution >= 4 is 0 Å². The van der Waals surface area contributed by atoms with Crippen LogP contribution in [0.1, 0.15) is 39.5 Å². The van der Waals surface area contributed by atoms with Crippen LogP contribution in [0.4, 0.5) is 0 Å². The van der Waals surface area contributed by atoms with Crippen molar-refractivity contribution in [2.24, 2.45) is 0 Å². The molecule has 2 heterocycles. The average molecular weight is 226 g/mol. The monoisotopic (exact) mass is 226 g/mol. The van der Waals surface area contributed by atoms with E-state index < -0.39 is 0 Å². The highest BCUT2D eigenvalue weighted by atomic mass is 16.5. The van der Waals surface area contributed by atoms with Gasteiger partial charge in [-0.15, -0.1) is 0 Å². The Morgan fingerprint density at radius 3 is 2.56 bits per heavy atom. The third-order valence-corrected chi connectivity index (χ3v) is 3.81.